The third-order valence-corrected chi connectivity index (χ3v) is 2.21. The second-order valence-electron chi connectivity index (χ2n) is 3.17. The quantitative estimate of drug-likeness (QED) is 0.613. The molecule has 1 aromatic carbocycles. The lowest BCUT2D eigenvalue weighted by Crippen LogP contribution is -2.15. The molecule has 2 rings (SSSR count). The minimum Gasteiger partial charge on any atom is -0.312 e. The Morgan fingerprint density at radius 1 is 1.38 bits per heavy atom. The lowest BCUT2D eigenvalue weighted by atomic mass is 10.2. The monoisotopic (exact) mass is 215 g/mol. The number of aliphatic imine (C=N–C) groups is 1. The SMILES string of the molecule is O=C=NCc1ccccc1-n1cc[nH]c1=O. The summed E-state index contributed by atoms with van der Waals surface area (Å²) in [5.74, 6) is 0. The number of isocyanates is 1. The Labute approximate surface area is 91.1 Å². The number of imidazole rings is 1. The van der Waals surface area contributed by atoms with Crippen molar-refractivity contribution in [3.63, 3.8) is 0 Å². The molecule has 0 saturated carbocycles. The normalized spacial score (nSPS) is 9.75. The Balaban J connectivity index is 2.52. The molecule has 2 aromatic rings. The van der Waals surface area contributed by atoms with E-state index in [0.717, 1.165) is 5.56 Å². The number of benzene rings is 1. The molecule has 0 atom stereocenters. The smallest absolute Gasteiger partial charge is 0.312 e. The van der Waals surface area contributed by atoms with Crippen molar-refractivity contribution in [1.82, 2.24) is 9.55 Å². The van der Waals surface area contributed by atoms with Crippen LogP contribution in [0.5, 0.6) is 0 Å². The topological polar surface area (TPSA) is 67.2 Å². The number of nitrogens with one attached hydrogen (secondary N) is 1. The van der Waals surface area contributed by atoms with Gasteiger partial charge in [-0.15, -0.1) is 0 Å². The van der Waals surface area contributed by atoms with Crippen molar-refractivity contribution in [3.05, 3.63) is 52.7 Å². The molecule has 1 N–H and O–H groups in total. The molecule has 0 spiro atoms. The Morgan fingerprint density at radius 2 is 2.19 bits per heavy atom. The van der Waals surface area contributed by atoms with Crippen molar-refractivity contribution < 1.29 is 4.79 Å². The Kier molecular flexibility index (Phi) is 2.80. The third kappa shape index (κ3) is 1.85. The van der Waals surface area contributed by atoms with Crippen LogP contribution in [0.25, 0.3) is 5.69 Å². The molecule has 0 fully saturated rings. The molecule has 0 radical (unpaired) electrons. The summed E-state index contributed by atoms with van der Waals surface area (Å²) in [6, 6.07) is 7.26. The summed E-state index contributed by atoms with van der Waals surface area (Å²) in [7, 11) is 0. The lowest BCUT2D eigenvalue weighted by Gasteiger charge is -2.06. The first-order valence-corrected chi connectivity index (χ1v) is 4.71. The highest BCUT2D eigenvalue weighted by Crippen LogP contribution is 2.13. The van der Waals surface area contributed by atoms with Crippen molar-refractivity contribution in [3.8, 4) is 5.69 Å². The number of nitrogens with zero attached hydrogens (tertiary/aromatic N) is 2. The minimum absolute atomic E-state index is 0.220. The first-order valence-electron chi connectivity index (χ1n) is 4.71. The van der Waals surface area contributed by atoms with Gasteiger partial charge in [0.05, 0.1) is 12.2 Å². The molecule has 16 heavy (non-hydrogen) atoms. The van der Waals surface area contributed by atoms with Gasteiger partial charge < -0.3 is 4.98 Å². The number of aromatic nitrogens is 2. The predicted octanol–water partition coefficient (Wildman–Crippen LogP) is 1.00. The largest absolute Gasteiger partial charge is 0.330 e. The minimum atomic E-state index is -0.220. The standard InChI is InChI=1S/C11H9N3O2/c15-8-12-7-9-3-1-2-4-10(9)14-6-5-13-11(14)16/h1-6H,7H2,(H,13,16). The lowest BCUT2D eigenvalue weighted by molar-refractivity contribution is 0.562. The highest BCUT2D eigenvalue weighted by atomic mass is 16.1. The Bertz CT molecular complexity index is 591. The number of aromatic amines is 1. The van der Waals surface area contributed by atoms with Crippen molar-refractivity contribution in [2.45, 2.75) is 6.54 Å². The molecule has 0 saturated heterocycles. The van der Waals surface area contributed by atoms with E-state index in [1.807, 2.05) is 18.2 Å². The van der Waals surface area contributed by atoms with E-state index < -0.39 is 0 Å². The molecule has 0 aliphatic rings. The van der Waals surface area contributed by atoms with E-state index in [9.17, 15) is 9.59 Å². The van der Waals surface area contributed by atoms with Crippen LogP contribution in [0.2, 0.25) is 0 Å². The molecule has 0 unspecified atom stereocenters. The second kappa shape index (κ2) is 4.42. The van der Waals surface area contributed by atoms with Crippen molar-refractivity contribution in [2.24, 2.45) is 4.99 Å². The van der Waals surface area contributed by atoms with Crippen LogP contribution >= 0.6 is 0 Å². The number of hydrogen-bond donors (Lipinski definition) is 1. The summed E-state index contributed by atoms with van der Waals surface area (Å²) < 4.78 is 1.47. The van der Waals surface area contributed by atoms with Crippen LogP contribution in [0.4, 0.5) is 0 Å². The molecule has 0 aliphatic heterocycles. The molecular formula is C11H9N3O2. The highest BCUT2D eigenvalue weighted by molar-refractivity contribution is 5.42. The summed E-state index contributed by atoms with van der Waals surface area (Å²) in [4.78, 5) is 27.6. The molecule has 0 bridgehead atoms. The maximum atomic E-state index is 11.4. The summed E-state index contributed by atoms with van der Waals surface area (Å²) in [6.07, 6.45) is 4.67. The molecule has 1 heterocycles. The van der Waals surface area contributed by atoms with Crippen molar-refractivity contribution in [2.75, 3.05) is 0 Å². The fourth-order valence-corrected chi connectivity index (χ4v) is 1.51. The van der Waals surface area contributed by atoms with Crippen LogP contribution < -0.4 is 5.69 Å². The van der Waals surface area contributed by atoms with Crippen LogP contribution in [-0.4, -0.2) is 15.6 Å². The average Bonchev–Trinajstić information content (AvgIpc) is 2.73. The van der Waals surface area contributed by atoms with Crippen LogP contribution in [0.1, 0.15) is 5.56 Å². The molecule has 0 aliphatic carbocycles. The summed E-state index contributed by atoms with van der Waals surface area (Å²) in [5.41, 5.74) is 1.29. The predicted molar refractivity (Wildman–Crippen MR) is 58.2 cm³/mol. The van der Waals surface area contributed by atoms with Gasteiger partial charge in [0.2, 0.25) is 6.08 Å². The third-order valence-electron chi connectivity index (χ3n) is 2.21. The van der Waals surface area contributed by atoms with E-state index >= 15 is 0 Å². The van der Waals surface area contributed by atoms with Gasteiger partial charge in [-0.05, 0) is 11.6 Å². The van der Waals surface area contributed by atoms with Crippen LogP contribution in [0.3, 0.4) is 0 Å². The molecule has 5 nitrogen and oxygen atoms in total. The highest BCUT2D eigenvalue weighted by Gasteiger charge is 2.05. The van der Waals surface area contributed by atoms with E-state index in [1.165, 1.54) is 10.6 Å². The van der Waals surface area contributed by atoms with Gasteiger partial charge in [-0.25, -0.2) is 14.6 Å². The first kappa shape index (κ1) is 10.1. The van der Waals surface area contributed by atoms with Gasteiger partial charge in [-0.1, -0.05) is 18.2 Å². The molecule has 80 valence electrons. The molecule has 0 amide bonds. The first-order chi connectivity index (χ1) is 7.83. The van der Waals surface area contributed by atoms with Gasteiger partial charge in [-0.3, -0.25) is 4.57 Å². The van der Waals surface area contributed by atoms with Crippen LogP contribution in [0.15, 0.2) is 46.4 Å². The molecule has 5 heteroatoms. The van der Waals surface area contributed by atoms with Gasteiger partial charge in [0.25, 0.3) is 0 Å². The van der Waals surface area contributed by atoms with Gasteiger partial charge in [0.15, 0.2) is 0 Å². The Hall–Kier alpha value is -2.39. The zero-order valence-corrected chi connectivity index (χ0v) is 8.38. The summed E-state index contributed by atoms with van der Waals surface area (Å²) >= 11 is 0. The van der Waals surface area contributed by atoms with Gasteiger partial charge in [0, 0.05) is 12.4 Å². The van der Waals surface area contributed by atoms with Crippen LogP contribution in [-0.2, 0) is 11.3 Å². The van der Waals surface area contributed by atoms with Gasteiger partial charge >= 0.3 is 5.69 Å². The fourth-order valence-electron chi connectivity index (χ4n) is 1.51. The van der Waals surface area contributed by atoms with E-state index in [1.54, 1.807) is 18.5 Å². The number of hydrogen-bond acceptors (Lipinski definition) is 3. The van der Waals surface area contributed by atoms with Gasteiger partial charge in [0.1, 0.15) is 0 Å². The van der Waals surface area contributed by atoms with E-state index in [4.69, 9.17) is 0 Å². The number of carbonyl (C=O) groups excluding carboxylic acids is 1. The second-order valence-corrected chi connectivity index (χ2v) is 3.17. The van der Waals surface area contributed by atoms with Crippen LogP contribution in [0, 0.1) is 0 Å². The maximum Gasteiger partial charge on any atom is 0.330 e. The fraction of sp³-hybridized carbons (Fsp3) is 0.0909. The van der Waals surface area contributed by atoms with Crippen molar-refractivity contribution in [1.29, 1.82) is 0 Å². The zero-order valence-electron chi connectivity index (χ0n) is 8.38. The van der Waals surface area contributed by atoms with E-state index in [0.29, 0.717) is 5.69 Å². The van der Waals surface area contributed by atoms with Crippen molar-refractivity contribution >= 4 is 6.08 Å². The zero-order chi connectivity index (χ0) is 11.4. The van der Waals surface area contributed by atoms with Gasteiger partial charge in [-0.2, -0.15) is 0 Å². The van der Waals surface area contributed by atoms with E-state index in [-0.39, 0.29) is 12.2 Å². The molecular weight excluding hydrogens is 206 g/mol. The summed E-state index contributed by atoms with van der Waals surface area (Å²) in [6.45, 7) is 0.220. The maximum absolute atomic E-state index is 11.4. The summed E-state index contributed by atoms with van der Waals surface area (Å²) in [5, 5.41) is 0. The number of H-pyrrole nitrogens is 1. The number of para-hydroxylation sites is 1. The molecule has 1 aromatic heterocycles. The Morgan fingerprint density at radius 3 is 2.88 bits per heavy atom. The van der Waals surface area contributed by atoms with E-state index in [2.05, 4.69) is 9.98 Å². The average molecular weight is 215 g/mol. The number of rotatable bonds is 3.